The molecule has 0 aliphatic heterocycles. The first-order valence-electron chi connectivity index (χ1n) is 4.92. The molecule has 16 heavy (non-hydrogen) atoms. The highest BCUT2D eigenvalue weighted by molar-refractivity contribution is 9.10. The summed E-state index contributed by atoms with van der Waals surface area (Å²) in [6, 6.07) is 6.52. The average Bonchev–Trinajstić information content (AvgIpc) is 2.27. The molecule has 1 aromatic carbocycles. The van der Waals surface area contributed by atoms with Gasteiger partial charge in [-0.25, -0.2) is 8.42 Å². The molecule has 0 saturated carbocycles. The third-order valence-electron chi connectivity index (χ3n) is 2.41. The molecule has 0 heterocycles. The first kappa shape index (κ1) is 13.4. The zero-order chi connectivity index (χ0) is 12.3. The Hall–Kier alpha value is -0.680. The molecule has 0 spiro atoms. The second kappa shape index (κ2) is 5.10. The van der Waals surface area contributed by atoms with Gasteiger partial charge in [0.15, 0.2) is 15.6 Å². The van der Waals surface area contributed by atoms with Crippen molar-refractivity contribution in [3.8, 4) is 0 Å². The number of ketones is 1. The molecule has 0 radical (unpaired) electrons. The van der Waals surface area contributed by atoms with E-state index in [4.69, 9.17) is 0 Å². The Morgan fingerprint density at radius 2 is 1.94 bits per heavy atom. The highest BCUT2D eigenvalue weighted by Crippen LogP contribution is 2.25. The predicted molar refractivity (Wildman–Crippen MR) is 66.1 cm³/mol. The maximum atomic E-state index is 12.1. The van der Waals surface area contributed by atoms with Gasteiger partial charge >= 0.3 is 0 Å². The van der Waals surface area contributed by atoms with Gasteiger partial charge in [-0.3, -0.25) is 4.79 Å². The fourth-order valence-electron chi connectivity index (χ4n) is 1.33. The van der Waals surface area contributed by atoms with Gasteiger partial charge in [-0.15, -0.1) is 0 Å². The molecule has 1 aromatic rings. The second-order valence-corrected chi connectivity index (χ2v) is 6.53. The molecule has 5 heteroatoms. The van der Waals surface area contributed by atoms with E-state index in [1.54, 1.807) is 25.1 Å². The van der Waals surface area contributed by atoms with Crippen LogP contribution in [0.1, 0.15) is 20.3 Å². The summed E-state index contributed by atoms with van der Waals surface area (Å²) < 4.78 is 24.7. The normalized spacial score (nSPS) is 13.4. The lowest BCUT2D eigenvalue weighted by atomic mass is 10.2. The van der Waals surface area contributed by atoms with Crippen LogP contribution in [0.2, 0.25) is 0 Å². The fraction of sp³-hybridized carbons (Fsp3) is 0.364. The van der Waals surface area contributed by atoms with Crippen LogP contribution < -0.4 is 0 Å². The summed E-state index contributed by atoms with van der Waals surface area (Å²) in [6.45, 7) is 3.09. The van der Waals surface area contributed by atoms with Gasteiger partial charge in [-0.1, -0.05) is 19.1 Å². The number of Topliss-reactive ketones (excluding diaryl/α,β-unsaturated/α-hetero) is 1. The lowest BCUT2D eigenvalue weighted by Gasteiger charge is -2.12. The number of halogens is 1. The Morgan fingerprint density at radius 3 is 2.44 bits per heavy atom. The Labute approximate surface area is 104 Å². The van der Waals surface area contributed by atoms with Gasteiger partial charge in [0.25, 0.3) is 0 Å². The van der Waals surface area contributed by atoms with E-state index in [2.05, 4.69) is 15.9 Å². The summed E-state index contributed by atoms with van der Waals surface area (Å²) >= 11 is 3.18. The van der Waals surface area contributed by atoms with E-state index in [1.165, 1.54) is 13.0 Å². The monoisotopic (exact) mass is 304 g/mol. The predicted octanol–water partition coefficient (Wildman–Crippen LogP) is 2.59. The summed E-state index contributed by atoms with van der Waals surface area (Å²) in [5.41, 5.74) is 0. The number of carbonyl (C=O) groups is 1. The third kappa shape index (κ3) is 2.52. The Balaban J connectivity index is 3.23. The minimum atomic E-state index is -3.58. The molecule has 0 bridgehead atoms. The topological polar surface area (TPSA) is 51.2 Å². The van der Waals surface area contributed by atoms with Crippen LogP contribution >= 0.6 is 15.9 Å². The first-order chi connectivity index (χ1) is 7.41. The van der Waals surface area contributed by atoms with Crippen molar-refractivity contribution >= 4 is 31.6 Å². The van der Waals surface area contributed by atoms with E-state index < -0.39 is 15.1 Å². The molecule has 0 N–H and O–H groups in total. The molecule has 0 aromatic heterocycles. The van der Waals surface area contributed by atoms with Gasteiger partial charge in [-0.2, -0.15) is 0 Å². The summed E-state index contributed by atoms with van der Waals surface area (Å²) in [5, 5.41) is -0.990. The molecule has 0 aliphatic carbocycles. The van der Waals surface area contributed by atoms with Crippen molar-refractivity contribution in [1.82, 2.24) is 0 Å². The number of rotatable bonds is 4. The van der Waals surface area contributed by atoms with Crippen molar-refractivity contribution in [2.45, 2.75) is 30.4 Å². The molecule has 0 fully saturated rings. The molecular weight excluding hydrogens is 292 g/mol. The van der Waals surface area contributed by atoms with Crippen LogP contribution in [-0.2, 0) is 14.6 Å². The Kier molecular flexibility index (Phi) is 4.27. The minimum absolute atomic E-state index is 0.171. The first-order valence-corrected chi connectivity index (χ1v) is 7.26. The van der Waals surface area contributed by atoms with Crippen molar-refractivity contribution < 1.29 is 13.2 Å². The van der Waals surface area contributed by atoms with E-state index in [0.29, 0.717) is 4.47 Å². The number of hydrogen-bond acceptors (Lipinski definition) is 3. The standard InChI is InChI=1S/C11H13BrO3S/c1-3-10(13)8(2)16(14,15)11-7-5-4-6-9(11)12/h4-8H,3H2,1-2H3. The molecule has 88 valence electrons. The molecule has 0 amide bonds. The number of carbonyl (C=O) groups excluding carboxylic acids is 1. The lowest BCUT2D eigenvalue weighted by molar-refractivity contribution is -0.118. The van der Waals surface area contributed by atoms with Gasteiger partial charge in [-0.05, 0) is 35.0 Å². The number of benzene rings is 1. The SMILES string of the molecule is CCC(=O)C(C)S(=O)(=O)c1ccccc1Br. The van der Waals surface area contributed by atoms with E-state index in [-0.39, 0.29) is 17.1 Å². The number of sulfone groups is 1. The van der Waals surface area contributed by atoms with Crippen molar-refractivity contribution in [3.63, 3.8) is 0 Å². The van der Waals surface area contributed by atoms with Crippen LogP contribution in [-0.4, -0.2) is 19.5 Å². The molecule has 0 saturated heterocycles. The van der Waals surface area contributed by atoms with Gasteiger partial charge in [0.1, 0.15) is 5.25 Å². The smallest absolute Gasteiger partial charge is 0.189 e. The molecule has 3 nitrogen and oxygen atoms in total. The molecule has 1 rings (SSSR count). The van der Waals surface area contributed by atoms with Crippen molar-refractivity contribution in [3.05, 3.63) is 28.7 Å². The second-order valence-electron chi connectivity index (χ2n) is 3.44. The quantitative estimate of drug-likeness (QED) is 0.859. The van der Waals surface area contributed by atoms with E-state index in [1.807, 2.05) is 0 Å². The van der Waals surface area contributed by atoms with Crippen molar-refractivity contribution in [2.24, 2.45) is 0 Å². The van der Waals surface area contributed by atoms with Gasteiger partial charge in [0.05, 0.1) is 4.90 Å². The van der Waals surface area contributed by atoms with Crippen molar-refractivity contribution in [1.29, 1.82) is 0 Å². The molecular formula is C11H13BrO3S. The zero-order valence-electron chi connectivity index (χ0n) is 9.10. The largest absolute Gasteiger partial charge is 0.298 e. The zero-order valence-corrected chi connectivity index (χ0v) is 11.5. The molecule has 1 atom stereocenters. The van der Waals surface area contributed by atoms with Crippen LogP contribution in [0, 0.1) is 0 Å². The van der Waals surface area contributed by atoms with Crippen LogP contribution in [0.15, 0.2) is 33.6 Å². The maximum Gasteiger partial charge on any atom is 0.189 e. The van der Waals surface area contributed by atoms with Crippen LogP contribution in [0.4, 0.5) is 0 Å². The van der Waals surface area contributed by atoms with E-state index in [0.717, 1.165) is 0 Å². The van der Waals surface area contributed by atoms with Gasteiger partial charge in [0.2, 0.25) is 0 Å². The minimum Gasteiger partial charge on any atom is -0.298 e. The van der Waals surface area contributed by atoms with Crippen molar-refractivity contribution in [2.75, 3.05) is 0 Å². The highest BCUT2D eigenvalue weighted by atomic mass is 79.9. The summed E-state index contributed by atoms with van der Waals surface area (Å²) in [6.07, 6.45) is 0.227. The maximum absolute atomic E-state index is 12.1. The highest BCUT2D eigenvalue weighted by Gasteiger charge is 2.29. The molecule has 1 unspecified atom stereocenters. The van der Waals surface area contributed by atoms with Gasteiger partial charge < -0.3 is 0 Å². The summed E-state index contributed by atoms with van der Waals surface area (Å²) in [4.78, 5) is 11.6. The van der Waals surface area contributed by atoms with Gasteiger partial charge in [0, 0.05) is 10.9 Å². The van der Waals surface area contributed by atoms with Crippen LogP contribution in [0.3, 0.4) is 0 Å². The average molecular weight is 305 g/mol. The summed E-state index contributed by atoms with van der Waals surface area (Å²) in [5.74, 6) is -0.268. The Morgan fingerprint density at radius 1 is 1.38 bits per heavy atom. The van der Waals surface area contributed by atoms with E-state index >= 15 is 0 Å². The lowest BCUT2D eigenvalue weighted by Crippen LogP contribution is -2.27. The molecule has 0 aliphatic rings. The van der Waals surface area contributed by atoms with Crippen LogP contribution in [0.25, 0.3) is 0 Å². The van der Waals surface area contributed by atoms with Crippen LogP contribution in [0.5, 0.6) is 0 Å². The fourth-order valence-corrected chi connectivity index (χ4v) is 3.79. The number of hydrogen-bond donors (Lipinski definition) is 0. The summed E-state index contributed by atoms with van der Waals surface area (Å²) in [7, 11) is -3.58. The van der Waals surface area contributed by atoms with E-state index in [9.17, 15) is 13.2 Å². The third-order valence-corrected chi connectivity index (χ3v) is 5.53. The Bertz CT molecular complexity index is 494.